The molecule has 2 N–H and O–H groups in total. The summed E-state index contributed by atoms with van der Waals surface area (Å²) in [5.74, 6) is 0.200. The highest BCUT2D eigenvalue weighted by Crippen LogP contribution is 2.29. The zero-order valence-corrected chi connectivity index (χ0v) is 15.0. The number of carbonyl (C=O) groups excluding carboxylic acids is 1. The first kappa shape index (κ1) is 18.6. The van der Waals surface area contributed by atoms with Crippen molar-refractivity contribution in [1.82, 2.24) is 4.90 Å². The second-order valence-electron chi connectivity index (χ2n) is 6.08. The van der Waals surface area contributed by atoms with Crippen molar-refractivity contribution in [3.63, 3.8) is 0 Å². The van der Waals surface area contributed by atoms with Crippen LogP contribution in [0.1, 0.15) is 30.4 Å². The number of anilines is 1. The number of nitrogens with zero attached hydrogens (tertiary/aromatic N) is 1. The number of para-hydroxylation sites is 1. The molecular weight excluding hydrogens is 343 g/mol. The van der Waals surface area contributed by atoms with Gasteiger partial charge in [-0.3, -0.25) is 4.79 Å². The average molecular weight is 365 g/mol. The third-order valence-corrected chi connectivity index (χ3v) is 4.49. The summed E-state index contributed by atoms with van der Waals surface area (Å²) in [6.07, 6.45) is 3.40. The van der Waals surface area contributed by atoms with E-state index in [2.05, 4.69) is 0 Å². The zero-order chi connectivity index (χ0) is 16.2. The smallest absolute Gasteiger partial charge is 0.223 e. The van der Waals surface area contributed by atoms with Gasteiger partial charge in [0.1, 0.15) is 0 Å². The molecule has 0 aliphatic heterocycles. The Hall–Kier alpha value is -1.71. The maximum Gasteiger partial charge on any atom is 0.223 e. The molecule has 1 amide bonds. The fourth-order valence-electron chi connectivity index (χ4n) is 2.74. The topological polar surface area (TPSA) is 46.3 Å². The normalized spacial score (nSPS) is 13.2. The Labute approximate surface area is 154 Å². The number of rotatable bonds is 6. The second-order valence-corrected chi connectivity index (χ2v) is 6.51. The molecule has 1 saturated carbocycles. The third kappa shape index (κ3) is 4.89. The van der Waals surface area contributed by atoms with Crippen molar-refractivity contribution in [3.8, 4) is 0 Å². The van der Waals surface area contributed by atoms with E-state index in [4.69, 9.17) is 17.3 Å². The highest BCUT2D eigenvalue weighted by Gasteiger charge is 2.32. The van der Waals surface area contributed by atoms with E-state index in [9.17, 15) is 4.79 Å². The van der Waals surface area contributed by atoms with Crippen molar-refractivity contribution >= 4 is 35.6 Å². The van der Waals surface area contributed by atoms with Crippen LogP contribution in [0.15, 0.2) is 48.5 Å². The van der Waals surface area contributed by atoms with Gasteiger partial charge in [0.15, 0.2) is 0 Å². The standard InChI is InChI=1S/C19H21ClN2O.ClH/c20-16-8-5-14(6-9-16)13-22(17-10-11-17)19(23)12-7-15-3-1-2-4-18(15)21;/h1-6,8-9,17H,7,10-13,21H2;1H. The van der Waals surface area contributed by atoms with Crippen LogP contribution >= 0.6 is 24.0 Å². The first-order valence-electron chi connectivity index (χ1n) is 8.01. The van der Waals surface area contributed by atoms with Gasteiger partial charge in [-0.2, -0.15) is 0 Å². The largest absolute Gasteiger partial charge is 0.399 e. The van der Waals surface area contributed by atoms with Gasteiger partial charge in [0, 0.05) is 29.7 Å². The number of hydrogen-bond acceptors (Lipinski definition) is 2. The van der Waals surface area contributed by atoms with Crippen molar-refractivity contribution < 1.29 is 4.79 Å². The van der Waals surface area contributed by atoms with Crippen LogP contribution in [0.3, 0.4) is 0 Å². The lowest BCUT2D eigenvalue weighted by Gasteiger charge is -2.23. The van der Waals surface area contributed by atoms with Crippen LogP contribution in [0.2, 0.25) is 5.02 Å². The van der Waals surface area contributed by atoms with Gasteiger partial charge >= 0.3 is 0 Å². The van der Waals surface area contributed by atoms with Crippen LogP contribution in [0.25, 0.3) is 0 Å². The van der Waals surface area contributed by atoms with E-state index in [1.165, 1.54) is 0 Å². The Balaban J connectivity index is 0.00000208. The summed E-state index contributed by atoms with van der Waals surface area (Å²) < 4.78 is 0. The first-order valence-corrected chi connectivity index (χ1v) is 8.38. The summed E-state index contributed by atoms with van der Waals surface area (Å²) in [5.41, 5.74) is 8.88. The lowest BCUT2D eigenvalue weighted by Crippen LogP contribution is -2.32. The van der Waals surface area contributed by atoms with E-state index in [1.54, 1.807) is 0 Å². The lowest BCUT2D eigenvalue weighted by atomic mass is 10.1. The van der Waals surface area contributed by atoms with Gasteiger partial charge in [-0.05, 0) is 48.6 Å². The van der Waals surface area contributed by atoms with Gasteiger partial charge in [-0.1, -0.05) is 41.9 Å². The lowest BCUT2D eigenvalue weighted by molar-refractivity contribution is -0.132. The molecule has 0 bridgehead atoms. The molecule has 1 aliphatic carbocycles. The van der Waals surface area contributed by atoms with Gasteiger partial charge < -0.3 is 10.6 Å². The minimum absolute atomic E-state index is 0. The Morgan fingerprint density at radius 3 is 2.42 bits per heavy atom. The van der Waals surface area contributed by atoms with Crippen LogP contribution in [-0.2, 0) is 17.8 Å². The van der Waals surface area contributed by atoms with Crippen molar-refractivity contribution in [2.24, 2.45) is 0 Å². The number of amides is 1. The first-order chi connectivity index (χ1) is 11.1. The number of nitrogens with two attached hydrogens (primary N) is 1. The van der Waals surface area contributed by atoms with Crippen LogP contribution < -0.4 is 5.73 Å². The predicted octanol–water partition coefficient (Wildman–Crippen LogP) is 4.47. The van der Waals surface area contributed by atoms with Gasteiger partial charge in [0.25, 0.3) is 0 Å². The number of halogens is 2. The van der Waals surface area contributed by atoms with Crippen LogP contribution in [0.4, 0.5) is 5.69 Å². The van der Waals surface area contributed by atoms with Crippen molar-refractivity contribution in [3.05, 3.63) is 64.7 Å². The van der Waals surface area contributed by atoms with Crippen LogP contribution in [0, 0.1) is 0 Å². The van der Waals surface area contributed by atoms with Crippen molar-refractivity contribution in [2.45, 2.75) is 38.3 Å². The molecule has 0 unspecified atom stereocenters. The minimum Gasteiger partial charge on any atom is -0.399 e. The number of aryl methyl sites for hydroxylation is 1. The number of carbonyl (C=O) groups is 1. The molecule has 24 heavy (non-hydrogen) atoms. The molecule has 0 radical (unpaired) electrons. The van der Waals surface area contributed by atoms with E-state index < -0.39 is 0 Å². The predicted molar refractivity (Wildman–Crippen MR) is 101 cm³/mol. The summed E-state index contributed by atoms with van der Waals surface area (Å²) in [7, 11) is 0. The zero-order valence-electron chi connectivity index (χ0n) is 13.5. The van der Waals surface area contributed by atoms with E-state index in [0.717, 1.165) is 34.7 Å². The van der Waals surface area contributed by atoms with Gasteiger partial charge in [-0.15, -0.1) is 12.4 Å². The summed E-state index contributed by atoms with van der Waals surface area (Å²) >= 11 is 5.93. The summed E-state index contributed by atoms with van der Waals surface area (Å²) in [4.78, 5) is 14.6. The summed E-state index contributed by atoms with van der Waals surface area (Å²) in [6.45, 7) is 0.658. The quantitative estimate of drug-likeness (QED) is 0.768. The molecule has 1 fully saturated rings. The minimum atomic E-state index is 0. The molecule has 0 spiro atoms. The highest BCUT2D eigenvalue weighted by molar-refractivity contribution is 6.30. The average Bonchev–Trinajstić information content (AvgIpc) is 3.38. The molecule has 1 aliphatic rings. The maximum absolute atomic E-state index is 12.6. The fraction of sp³-hybridized carbons (Fsp3) is 0.316. The molecule has 2 aromatic rings. The Bertz CT molecular complexity index is 684. The molecule has 0 aromatic heterocycles. The number of nitrogen functional groups attached to an aromatic ring is 1. The molecule has 3 rings (SSSR count). The van der Waals surface area contributed by atoms with Crippen molar-refractivity contribution in [1.29, 1.82) is 0 Å². The molecule has 0 atom stereocenters. The van der Waals surface area contributed by atoms with Crippen LogP contribution in [0.5, 0.6) is 0 Å². The van der Waals surface area contributed by atoms with E-state index in [1.807, 2.05) is 53.4 Å². The van der Waals surface area contributed by atoms with Gasteiger partial charge in [0.05, 0.1) is 0 Å². The van der Waals surface area contributed by atoms with E-state index in [-0.39, 0.29) is 18.3 Å². The van der Waals surface area contributed by atoms with E-state index >= 15 is 0 Å². The molecule has 3 nitrogen and oxygen atoms in total. The second kappa shape index (κ2) is 8.41. The van der Waals surface area contributed by atoms with E-state index in [0.29, 0.717) is 25.4 Å². The monoisotopic (exact) mass is 364 g/mol. The SMILES string of the molecule is Cl.Nc1ccccc1CCC(=O)N(Cc1ccc(Cl)cc1)C1CC1. The Kier molecular flexibility index (Phi) is 6.52. The Morgan fingerprint density at radius 2 is 1.79 bits per heavy atom. The molecule has 5 heteroatoms. The summed E-state index contributed by atoms with van der Waals surface area (Å²) in [5, 5.41) is 0.720. The fourth-order valence-corrected chi connectivity index (χ4v) is 2.87. The molecule has 2 aromatic carbocycles. The number of hydrogen-bond donors (Lipinski definition) is 1. The molecule has 128 valence electrons. The van der Waals surface area contributed by atoms with Gasteiger partial charge in [0.2, 0.25) is 5.91 Å². The highest BCUT2D eigenvalue weighted by atomic mass is 35.5. The number of benzene rings is 2. The molecule has 0 saturated heterocycles. The van der Waals surface area contributed by atoms with Crippen molar-refractivity contribution in [2.75, 3.05) is 5.73 Å². The molecule has 0 heterocycles. The van der Waals surface area contributed by atoms with Crippen LogP contribution in [-0.4, -0.2) is 16.8 Å². The maximum atomic E-state index is 12.6. The third-order valence-electron chi connectivity index (χ3n) is 4.24. The Morgan fingerprint density at radius 1 is 1.12 bits per heavy atom. The summed E-state index contributed by atoms with van der Waals surface area (Å²) in [6, 6.07) is 15.9. The van der Waals surface area contributed by atoms with Gasteiger partial charge in [-0.25, -0.2) is 0 Å². The molecular formula is C19H22Cl2N2O.